The SMILES string of the molecule is CCCCCCCCCCCC(=O)NC(CCO)C(=O)O. The molecule has 1 unspecified atom stereocenters. The molecule has 0 aliphatic heterocycles. The number of nitrogens with one attached hydrogen (secondary N) is 1. The summed E-state index contributed by atoms with van der Waals surface area (Å²) >= 11 is 0. The first kappa shape index (κ1) is 19.9. The highest BCUT2D eigenvalue weighted by Gasteiger charge is 2.18. The molecular formula is C16H31NO4. The van der Waals surface area contributed by atoms with E-state index in [9.17, 15) is 9.59 Å². The predicted molar refractivity (Wildman–Crippen MR) is 83.1 cm³/mol. The van der Waals surface area contributed by atoms with Gasteiger partial charge in [-0.2, -0.15) is 0 Å². The lowest BCUT2D eigenvalue weighted by atomic mass is 10.1. The van der Waals surface area contributed by atoms with Crippen molar-refractivity contribution in [1.82, 2.24) is 5.32 Å². The Morgan fingerprint density at radius 3 is 1.95 bits per heavy atom. The van der Waals surface area contributed by atoms with Gasteiger partial charge in [-0.3, -0.25) is 4.79 Å². The van der Waals surface area contributed by atoms with E-state index in [1.54, 1.807) is 0 Å². The Kier molecular flexibility index (Phi) is 13.1. The molecule has 3 N–H and O–H groups in total. The number of carboxylic acid groups (broad SMARTS) is 1. The smallest absolute Gasteiger partial charge is 0.326 e. The number of hydrogen-bond acceptors (Lipinski definition) is 3. The molecule has 0 heterocycles. The summed E-state index contributed by atoms with van der Waals surface area (Å²) in [5.41, 5.74) is 0. The fourth-order valence-corrected chi connectivity index (χ4v) is 2.25. The van der Waals surface area contributed by atoms with Gasteiger partial charge in [-0.15, -0.1) is 0 Å². The largest absolute Gasteiger partial charge is 0.480 e. The van der Waals surface area contributed by atoms with Crippen LogP contribution in [0, 0.1) is 0 Å². The second-order valence-corrected chi connectivity index (χ2v) is 5.55. The van der Waals surface area contributed by atoms with Gasteiger partial charge in [0.2, 0.25) is 5.91 Å². The van der Waals surface area contributed by atoms with Gasteiger partial charge < -0.3 is 15.5 Å². The van der Waals surface area contributed by atoms with Crippen molar-refractivity contribution in [2.75, 3.05) is 6.61 Å². The van der Waals surface area contributed by atoms with Gasteiger partial charge in [0.15, 0.2) is 0 Å². The summed E-state index contributed by atoms with van der Waals surface area (Å²) in [6.45, 7) is 1.97. The van der Waals surface area contributed by atoms with Crippen molar-refractivity contribution in [1.29, 1.82) is 0 Å². The van der Waals surface area contributed by atoms with Crippen molar-refractivity contribution in [2.45, 2.75) is 83.6 Å². The van der Waals surface area contributed by atoms with Gasteiger partial charge in [0.25, 0.3) is 0 Å². The van der Waals surface area contributed by atoms with Crippen LogP contribution < -0.4 is 5.32 Å². The van der Waals surface area contributed by atoms with Crippen LogP contribution in [0.25, 0.3) is 0 Å². The van der Waals surface area contributed by atoms with Crippen molar-refractivity contribution in [3.8, 4) is 0 Å². The lowest BCUT2D eigenvalue weighted by molar-refractivity contribution is -0.142. The Hall–Kier alpha value is -1.10. The van der Waals surface area contributed by atoms with Crippen molar-refractivity contribution in [2.24, 2.45) is 0 Å². The maximum Gasteiger partial charge on any atom is 0.326 e. The standard InChI is InChI=1S/C16H31NO4/c1-2-3-4-5-6-7-8-9-10-11-15(19)17-14(12-13-18)16(20)21/h14,18H,2-13H2,1H3,(H,17,19)(H,20,21). The molecule has 124 valence electrons. The van der Waals surface area contributed by atoms with E-state index in [0.29, 0.717) is 6.42 Å². The quantitative estimate of drug-likeness (QED) is 0.431. The van der Waals surface area contributed by atoms with Gasteiger partial charge in [-0.05, 0) is 6.42 Å². The predicted octanol–water partition coefficient (Wildman–Crippen LogP) is 2.86. The fraction of sp³-hybridized carbons (Fsp3) is 0.875. The first-order valence-electron chi connectivity index (χ1n) is 8.24. The highest BCUT2D eigenvalue weighted by atomic mass is 16.4. The Bertz CT molecular complexity index is 281. The average Bonchev–Trinajstić information content (AvgIpc) is 2.45. The lowest BCUT2D eigenvalue weighted by Gasteiger charge is -2.12. The zero-order valence-electron chi connectivity index (χ0n) is 13.3. The minimum Gasteiger partial charge on any atom is -0.480 e. The molecule has 0 saturated carbocycles. The van der Waals surface area contributed by atoms with Crippen LogP contribution >= 0.6 is 0 Å². The van der Waals surface area contributed by atoms with Crippen LogP contribution in [0.2, 0.25) is 0 Å². The third-order valence-electron chi connectivity index (χ3n) is 3.56. The second-order valence-electron chi connectivity index (χ2n) is 5.55. The summed E-state index contributed by atoms with van der Waals surface area (Å²) < 4.78 is 0. The van der Waals surface area contributed by atoms with Crippen molar-refractivity contribution >= 4 is 11.9 Å². The van der Waals surface area contributed by atoms with E-state index in [1.807, 2.05) is 0 Å². The minimum absolute atomic E-state index is 0.0544. The number of amides is 1. The molecule has 5 nitrogen and oxygen atoms in total. The van der Waals surface area contributed by atoms with E-state index in [0.717, 1.165) is 19.3 Å². The average molecular weight is 301 g/mol. The number of unbranched alkanes of at least 4 members (excludes halogenated alkanes) is 8. The molecule has 0 aromatic rings. The summed E-state index contributed by atoms with van der Waals surface area (Å²) in [6.07, 6.45) is 11.1. The van der Waals surface area contributed by atoms with Crippen LogP contribution in [0.3, 0.4) is 0 Å². The van der Waals surface area contributed by atoms with Crippen LogP contribution in [-0.4, -0.2) is 34.7 Å². The molecule has 5 heteroatoms. The Morgan fingerprint density at radius 2 is 1.48 bits per heavy atom. The van der Waals surface area contributed by atoms with E-state index >= 15 is 0 Å². The summed E-state index contributed by atoms with van der Waals surface area (Å²) in [5, 5.41) is 20.0. The summed E-state index contributed by atoms with van der Waals surface area (Å²) in [5.74, 6) is -1.33. The monoisotopic (exact) mass is 301 g/mol. The number of carboxylic acids is 1. The van der Waals surface area contributed by atoms with Gasteiger partial charge in [0, 0.05) is 19.4 Å². The number of carbonyl (C=O) groups excluding carboxylic acids is 1. The van der Waals surface area contributed by atoms with Crippen LogP contribution in [-0.2, 0) is 9.59 Å². The molecule has 0 spiro atoms. The molecule has 0 aromatic carbocycles. The van der Waals surface area contributed by atoms with Crippen LogP contribution in [0.1, 0.15) is 77.6 Å². The van der Waals surface area contributed by atoms with Gasteiger partial charge in [-0.1, -0.05) is 58.3 Å². The number of rotatable bonds is 14. The molecule has 0 rings (SSSR count). The molecule has 0 aromatic heterocycles. The maximum atomic E-state index is 11.6. The number of aliphatic hydroxyl groups is 1. The molecule has 0 radical (unpaired) electrons. The van der Waals surface area contributed by atoms with Crippen LogP contribution in [0.4, 0.5) is 0 Å². The number of carbonyl (C=O) groups is 2. The fourth-order valence-electron chi connectivity index (χ4n) is 2.25. The van der Waals surface area contributed by atoms with E-state index < -0.39 is 12.0 Å². The van der Waals surface area contributed by atoms with E-state index in [1.165, 1.54) is 38.5 Å². The van der Waals surface area contributed by atoms with E-state index in [4.69, 9.17) is 10.2 Å². The molecule has 0 saturated heterocycles. The van der Waals surface area contributed by atoms with Crippen molar-refractivity contribution in [3.05, 3.63) is 0 Å². The second kappa shape index (κ2) is 13.9. The summed E-state index contributed by atoms with van der Waals surface area (Å²) in [6, 6.07) is -0.971. The molecular weight excluding hydrogens is 270 g/mol. The maximum absolute atomic E-state index is 11.6. The third-order valence-corrected chi connectivity index (χ3v) is 3.56. The third kappa shape index (κ3) is 12.4. The van der Waals surface area contributed by atoms with Gasteiger partial charge in [-0.25, -0.2) is 4.79 Å². The van der Waals surface area contributed by atoms with Crippen LogP contribution in [0.15, 0.2) is 0 Å². The normalized spacial score (nSPS) is 12.1. The topological polar surface area (TPSA) is 86.6 Å². The minimum atomic E-state index is -1.09. The van der Waals surface area contributed by atoms with Crippen molar-refractivity contribution < 1.29 is 19.8 Å². The van der Waals surface area contributed by atoms with Gasteiger partial charge >= 0.3 is 5.97 Å². The van der Waals surface area contributed by atoms with Gasteiger partial charge in [0.1, 0.15) is 6.04 Å². The molecule has 1 amide bonds. The first-order valence-corrected chi connectivity index (χ1v) is 8.24. The Morgan fingerprint density at radius 1 is 0.952 bits per heavy atom. The Balaban J connectivity index is 3.50. The number of aliphatic carboxylic acids is 1. The lowest BCUT2D eigenvalue weighted by Crippen LogP contribution is -2.41. The molecule has 21 heavy (non-hydrogen) atoms. The molecule has 0 fully saturated rings. The van der Waals surface area contributed by atoms with Crippen LogP contribution in [0.5, 0.6) is 0 Å². The van der Waals surface area contributed by atoms with Gasteiger partial charge in [0.05, 0.1) is 0 Å². The highest BCUT2D eigenvalue weighted by molar-refractivity contribution is 5.83. The van der Waals surface area contributed by atoms with E-state index in [-0.39, 0.29) is 18.9 Å². The molecule has 0 aliphatic carbocycles. The Labute approximate surface area is 128 Å². The highest BCUT2D eigenvalue weighted by Crippen LogP contribution is 2.10. The zero-order chi connectivity index (χ0) is 15.9. The zero-order valence-corrected chi connectivity index (χ0v) is 13.3. The number of aliphatic hydroxyl groups excluding tert-OH is 1. The molecule has 0 aliphatic rings. The van der Waals surface area contributed by atoms with E-state index in [2.05, 4.69) is 12.2 Å². The first-order chi connectivity index (χ1) is 10.1. The van der Waals surface area contributed by atoms with Crippen molar-refractivity contribution in [3.63, 3.8) is 0 Å². The number of hydrogen-bond donors (Lipinski definition) is 3. The molecule has 1 atom stereocenters. The summed E-state index contributed by atoms with van der Waals surface area (Å²) in [4.78, 5) is 22.4. The molecule has 0 bridgehead atoms. The summed E-state index contributed by atoms with van der Waals surface area (Å²) in [7, 11) is 0.